The van der Waals surface area contributed by atoms with E-state index in [-0.39, 0.29) is 30.1 Å². The van der Waals surface area contributed by atoms with Crippen LogP contribution in [0.4, 0.5) is 5.69 Å². The van der Waals surface area contributed by atoms with Gasteiger partial charge in [0.25, 0.3) is 11.6 Å². The molecule has 0 radical (unpaired) electrons. The van der Waals surface area contributed by atoms with E-state index < -0.39 is 10.9 Å². The molecule has 94 valence electrons. The summed E-state index contributed by atoms with van der Waals surface area (Å²) in [6, 6.07) is 4.11. The number of carboxylic acid groups (broad SMARTS) is 1. The van der Waals surface area contributed by atoms with Crippen molar-refractivity contribution < 1.29 is 19.6 Å². The molecule has 0 atom stereocenters. The van der Waals surface area contributed by atoms with Gasteiger partial charge in [0.05, 0.1) is 16.9 Å². The number of aliphatic carboxylic acids is 1. The zero-order valence-corrected chi connectivity index (χ0v) is 9.33. The van der Waals surface area contributed by atoms with Gasteiger partial charge in [0.2, 0.25) is 0 Å². The van der Waals surface area contributed by atoms with Crippen molar-refractivity contribution in [2.24, 2.45) is 0 Å². The van der Waals surface area contributed by atoms with E-state index in [1.165, 1.54) is 23.1 Å². The van der Waals surface area contributed by atoms with Crippen molar-refractivity contribution in [3.05, 3.63) is 39.4 Å². The lowest BCUT2D eigenvalue weighted by atomic mass is 10.1. The Kier molecular flexibility index (Phi) is 2.97. The molecule has 1 amide bonds. The Bertz CT molecular complexity index is 540. The number of hydrogen-bond donors (Lipinski definition) is 1. The molecular formula is C11H10N2O5. The molecule has 0 saturated carbocycles. The molecule has 0 bridgehead atoms. The number of carbonyl (C=O) groups excluding carboxylic acids is 1. The Morgan fingerprint density at radius 3 is 2.83 bits per heavy atom. The Hall–Kier alpha value is -2.44. The second-order valence-corrected chi connectivity index (χ2v) is 3.97. The average molecular weight is 250 g/mol. The predicted molar refractivity (Wildman–Crippen MR) is 60.1 cm³/mol. The highest BCUT2D eigenvalue weighted by atomic mass is 16.6. The van der Waals surface area contributed by atoms with Crippen LogP contribution < -0.4 is 0 Å². The van der Waals surface area contributed by atoms with Gasteiger partial charge in [-0.1, -0.05) is 0 Å². The van der Waals surface area contributed by atoms with Crippen molar-refractivity contribution in [3.8, 4) is 0 Å². The molecule has 1 aromatic carbocycles. The summed E-state index contributed by atoms with van der Waals surface area (Å²) in [5.74, 6) is -1.33. The first-order valence-electron chi connectivity index (χ1n) is 5.27. The molecule has 1 aliphatic rings. The fraction of sp³-hybridized carbons (Fsp3) is 0.273. The first kappa shape index (κ1) is 12.0. The molecule has 0 saturated heterocycles. The summed E-state index contributed by atoms with van der Waals surface area (Å²) in [6.45, 7) is 0.413. The molecule has 0 aliphatic carbocycles. The SMILES string of the molecule is O=C(O)CCN1Cc2ccc([N+](=O)[O-])cc2C1=O. The molecule has 0 aromatic heterocycles. The van der Waals surface area contributed by atoms with Crippen molar-refractivity contribution in [2.45, 2.75) is 13.0 Å². The van der Waals surface area contributed by atoms with Gasteiger partial charge in [-0.2, -0.15) is 0 Å². The summed E-state index contributed by atoms with van der Waals surface area (Å²) < 4.78 is 0. The molecule has 1 aliphatic heterocycles. The molecule has 18 heavy (non-hydrogen) atoms. The third kappa shape index (κ3) is 2.15. The van der Waals surface area contributed by atoms with Crippen LogP contribution in [0.1, 0.15) is 22.3 Å². The van der Waals surface area contributed by atoms with E-state index in [2.05, 4.69) is 0 Å². The third-order valence-corrected chi connectivity index (χ3v) is 2.78. The number of carboxylic acids is 1. The molecule has 0 fully saturated rings. The van der Waals surface area contributed by atoms with Crippen LogP contribution in [0.25, 0.3) is 0 Å². The van der Waals surface area contributed by atoms with Gasteiger partial charge in [0.15, 0.2) is 0 Å². The summed E-state index contributed by atoms with van der Waals surface area (Å²) in [5.41, 5.74) is 0.841. The van der Waals surface area contributed by atoms with E-state index in [0.717, 1.165) is 0 Å². The number of hydrogen-bond acceptors (Lipinski definition) is 4. The predicted octanol–water partition coefficient (Wildman–Crippen LogP) is 1.03. The van der Waals surface area contributed by atoms with Gasteiger partial charge in [0.1, 0.15) is 0 Å². The topological polar surface area (TPSA) is 101 Å². The maximum Gasteiger partial charge on any atom is 0.305 e. The van der Waals surface area contributed by atoms with Gasteiger partial charge in [0, 0.05) is 25.2 Å². The van der Waals surface area contributed by atoms with Crippen LogP contribution in [0, 0.1) is 10.1 Å². The average Bonchev–Trinajstić information content (AvgIpc) is 2.63. The van der Waals surface area contributed by atoms with Crippen LogP contribution in [-0.2, 0) is 11.3 Å². The number of rotatable bonds is 4. The smallest absolute Gasteiger partial charge is 0.305 e. The lowest BCUT2D eigenvalue weighted by Gasteiger charge is -2.13. The van der Waals surface area contributed by atoms with E-state index in [0.29, 0.717) is 12.1 Å². The molecule has 1 aromatic rings. The number of carbonyl (C=O) groups is 2. The van der Waals surface area contributed by atoms with Crippen LogP contribution >= 0.6 is 0 Å². The van der Waals surface area contributed by atoms with E-state index in [1.807, 2.05) is 0 Å². The minimum absolute atomic E-state index is 0.108. The van der Waals surface area contributed by atoms with Crippen molar-refractivity contribution in [3.63, 3.8) is 0 Å². The van der Waals surface area contributed by atoms with Gasteiger partial charge in [-0.25, -0.2) is 0 Å². The molecule has 7 nitrogen and oxygen atoms in total. The third-order valence-electron chi connectivity index (χ3n) is 2.78. The van der Waals surface area contributed by atoms with Crippen LogP contribution in [-0.4, -0.2) is 33.4 Å². The molecular weight excluding hydrogens is 240 g/mol. The summed E-state index contributed by atoms with van der Waals surface area (Å²) in [7, 11) is 0. The highest BCUT2D eigenvalue weighted by Gasteiger charge is 2.29. The number of fused-ring (bicyclic) bond motifs is 1. The molecule has 7 heteroatoms. The molecule has 1 heterocycles. The lowest BCUT2D eigenvalue weighted by Crippen LogP contribution is -2.26. The number of nitrogens with zero attached hydrogens (tertiary/aromatic N) is 2. The van der Waals surface area contributed by atoms with E-state index in [1.54, 1.807) is 0 Å². The van der Waals surface area contributed by atoms with E-state index in [9.17, 15) is 19.7 Å². The molecule has 0 unspecified atom stereocenters. The first-order chi connectivity index (χ1) is 8.49. The summed E-state index contributed by atoms with van der Waals surface area (Å²) in [5, 5.41) is 19.2. The Labute approximate surface area is 102 Å². The second kappa shape index (κ2) is 4.44. The maximum atomic E-state index is 11.9. The fourth-order valence-corrected chi connectivity index (χ4v) is 1.87. The molecule has 2 rings (SSSR count). The van der Waals surface area contributed by atoms with E-state index in [4.69, 9.17) is 5.11 Å². The number of benzene rings is 1. The van der Waals surface area contributed by atoms with Crippen LogP contribution in [0.5, 0.6) is 0 Å². The fourth-order valence-electron chi connectivity index (χ4n) is 1.87. The van der Waals surface area contributed by atoms with Gasteiger partial charge in [-0.05, 0) is 11.6 Å². The number of amides is 1. The quantitative estimate of drug-likeness (QED) is 0.635. The highest BCUT2D eigenvalue weighted by Crippen LogP contribution is 2.26. The summed E-state index contributed by atoms with van der Waals surface area (Å²) >= 11 is 0. The number of non-ortho nitro benzene ring substituents is 1. The van der Waals surface area contributed by atoms with Crippen LogP contribution in [0.3, 0.4) is 0 Å². The Balaban J connectivity index is 2.20. The van der Waals surface area contributed by atoms with E-state index >= 15 is 0 Å². The zero-order valence-electron chi connectivity index (χ0n) is 9.33. The zero-order chi connectivity index (χ0) is 13.3. The maximum absolute atomic E-state index is 11.9. The highest BCUT2D eigenvalue weighted by molar-refractivity contribution is 5.99. The van der Waals surface area contributed by atoms with Gasteiger partial charge in [-0.3, -0.25) is 19.7 Å². The molecule has 1 N–H and O–H groups in total. The Morgan fingerprint density at radius 1 is 1.50 bits per heavy atom. The first-order valence-corrected chi connectivity index (χ1v) is 5.27. The van der Waals surface area contributed by atoms with Crippen LogP contribution in [0.2, 0.25) is 0 Å². The molecule has 0 spiro atoms. The summed E-state index contributed by atoms with van der Waals surface area (Å²) in [4.78, 5) is 33.8. The lowest BCUT2D eigenvalue weighted by molar-refractivity contribution is -0.384. The van der Waals surface area contributed by atoms with Crippen molar-refractivity contribution in [1.29, 1.82) is 0 Å². The Morgan fingerprint density at radius 2 is 2.22 bits per heavy atom. The monoisotopic (exact) mass is 250 g/mol. The summed E-state index contributed by atoms with van der Waals surface area (Å²) in [6.07, 6.45) is -0.137. The van der Waals surface area contributed by atoms with Crippen LogP contribution in [0.15, 0.2) is 18.2 Å². The van der Waals surface area contributed by atoms with Gasteiger partial charge < -0.3 is 10.0 Å². The minimum atomic E-state index is -0.982. The minimum Gasteiger partial charge on any atom is -0.481 e. The van der Waals surface area contributed by atoms with Gasteiger partial charge >= 0.3 is 5.97 Å². The van der Waals surface area contributed by atoms with Gasteiger partial charge in [-0.15, -0.1) is 0 Å². The van der Waals surface area contributed by atoms with Crippen molar-refractivity contribution in [1.82, 2.24) is 4.90 Å². The normalized spacial score (nSPS) is 13.6. The largest absolute Gasteiger partial charge is 0.481 e. The number of nitro groups is 1. The standard InChI is InChI=1S/C11H10N2O5/c14-10(15)3-4-12-6-7-1-2-8(13(17)18)5-9(7)11(12)16/h1-2,5H,3-4,6H2,(H,14,15). The number of nitro benzene ring substituents is 1. The van der Waals surface area contributed by atoms with Crippen molar-refractivity contribution in [2.75, 3.05) is 6.54 Å². The second-order valence-electron chi connectivity index (χ2n) is 3.97. The van der Waals surface area contributed by atoms with Crippen molar-refractivity contribution >= 4 is 17.6 Å².